The Kier molecular flexibility index (Phi) is 2.58. The molecule has 0 aliphatic rings. The molecule has 2 heterocycles. The number of nitrogens with zero attached hydrogens (tertiary/aromatic N) is 2. The summed E-state index contributed by atoms with van der Waals surface area (Å²) in [6, 6.07) is 1.95. The molecular weight excluding hydrogens is 210 g/mol. The van der Waals surface area contributed by atoms with E-state index in [-0.39, 0.29) is 5.54 Å². The van der Waals surface area contributed by atoms with Crippen LogP contribution in [0.15, 0.2) is 17.8 Å². The van der Waals surface area contributed by atoms with Gasteiger partial charge < -0.3 is 10.5 Å². The van der Waals surface area contributed by atoms with E-state index in [4.69, 9.17) is 10.5 Å². The van der Waals surface area contributed by atoms with E-state index in [2.05, 4.69) is 9.97 Å². The Hall–Kier alpha value is -1.20. The fraction of sp³-hybridized carbons (Fsp3) is 0.400. The molecule has 0 aliphatic carbocycles. The molecule has 2 aromatic heterocycles. The molecule has 2 aromatic rings. The Labute approximate surface area is 92.1 Å². The lowest BCUT2D eigenvalue weighted by molar-refractivity contribution is 0.238. The van der Waals surface area contributed by atoms with Crippen LogP contribution in [-0.2, 0) is 0 Å². The molecule has 80 valence electrons. The Balaban J connectivity index is 2.24. The highest BCUT2D eigenvalue weighted by molar-refractivity contribution is 7.17. The van der Waals surface area contributed by atoms with Crippen molar-refractivity contribution in [1.82, 2.24) is 9.97 Å². The van der Waals surface area contributed by atoms with Crippen LogP contribution in [0, 0.1) is 0 Å². The van der Waals surface area contributed by atoms with Gasteiger partial charge in [-0.3, -0.25) is 0 Å². The standard InChI is InChI=1S/C10H13N3OS/c1-10(2,11)5-14-9-8-7(3-4-15-8)12-6-13-9/h3-4,6H,5,11H2,1-2H3. The molecule has 0 saturated carbocycles. The summed E-state index contributed by atoms with van der Waals surface area (Å²) in [5.74, 6) is 0.619. The van der Waals surface area contributed by atoms with Gasteiger partial charge in [0.25, 0.3) is 0 Å². The van der Waals surface area contributed by atoms with E-state index >= 15 is 0 Å². The van der Waals surface area contributed by atoms with Gasteiger partial charge >= 0.3 is 0 Å². The molecule has 15 heavy (non-hydrogen) atoms. The van der Waals surface area contributed by atoms with Crippen LogP contribution >= 0.6 is 11.3 Å². The van der Waals surface area contributed by atoms with Gasteiger partial charge in [0.15, 0.2) is 0 Å². The van der Waals surface area contributed by atoms with Gasteiger partial charge in [-0.2, -0.15) is 0 Å². The molecule has 0 amide bonds. The van der Waals surface area contributed by atoms with E-state index in [1.54, 1.807) is 11.3 Å². The number of hydrogen-bond donors (Lipinski definition) is 1. The number of ether oxygens (including phenoxy) is 1. The van der Waals surface area contributed by atoms with Crippen LogP contribution in [0.4, 0.5) is 0 Å². The van der Waals surface area contributed by atoms with E-state index in [1.165, 1.54) is 6.33 Å². The average molecular weight is 223 g/mol. The summed E-state index contributed by atoms with van der Waals surface area (Å²) in [5, 5.41) is 1.97. The molecular formula is C10H13N3OS. The lowest BCUT2D eigenvalue weighted by Gasteiger charge is -2.18. The van der Waals surface area contributed by atoms with E-state index in [9.17, 15) is 0 Å². The lowest BCUT2D eigenvalue weighted by Crippen LogP contribution is -2.38. The lowest BCUT2D eigenvalue weighted by atomic mass is 10.1. The summed E-state index contributed by atoms with van der Waals surface area (Å²) in [7, 11) is 0. The Morgan fingerprint density at radius 3 is 3.00 bits per heavy atom. The molecule has 2 rings (SSSR count). The second-order valence-electron chi connectivity index (χ2n) is 4.09. The number of nitrogens with two attached hydrogens (primary N) is 1. The summed E-state index contributed by atoms with van der Waals surface area (Å²) in [6.45, 7) is 4.27. The largest absolute Gasteiger partial charge is 0.475 e. The number of hydrogen-bond acceptors (Lipinski definition) is 5. The second-order valence-corrected chi connectivity index (χ2v) is 5.01. The molecule has 0 aromatic carbocycles. The highest BCUT2D eigenvalue weighted by Gasteiger charge is 2.13. The van der Waals surface area contributed by atoms with Gasteiger partial charge in [-0.1, -0.05) is 0 Å². The maximum Gasteiger partial charge on any atom is 0.234 e. The minimum atomic E-state index is -0.353. The van der Waals surface area contributed by atoms with Gasteiger partial charge in [0.1, 0.15) is 17.6 Å². The summed E-state index contributed by atoms with van der Waals surface area (Å²) < 4.78 is 6.55. The number of rotatable bonds is 3. The summed E-state index contributed by atoms with van der Waals surface area (Å²) in [5.41, 5.74) is 6.40. The fourth-order valence-electron chi connectivity index (χ4n) is 1.12. The van der Waals surface area contributed by atoms with E-state index in [1.807, 2.05) is 25.3 Å². The summed E-state index contributed by atoms with van der Waals surface area (Å²) >= 11 is 1.57. The molecule has 0 radical (unpaired) electrons. The van der Waals surface area contributed by atoms with Gasteiger partial charge in [0, 0.05) is 5.54 Å². The van der Waals surface area contributed by atoms with Crippen molar-refractivity contribution >= 4 is 21.6 Å². The van der Waals surface area contributed by atoms with Crippen molar-refractivity contribution in [2.24, 2.45) is 5.73 Å². The Morgan fingerprint density at radius 1 is 1.47 bits per heavy atom. The number of thiophene rings is 1. The fourth-order valence-corrected chi connectivity index (χ4v) is 1.91. The minimum absolute atomic E-state index is 0.353. The Morgan fingerprint density at radius 2 is 2.27 bits per heavy atom. The molecule has 0 fully saturated rings. The van der Waals surface area contributed by atoms with Crippen molar-refractivity contribution in [3.05, 3.63) is 17.8 Å². The van der Waals surface area contributed by atoms with Crippen LogP contribution in [0.3, 0.4) is 0 Å². The number of fused-ring (bicyclic) bond motifs is 1. The van der Waals surface area contributed by atoms with Crippen molar-refractivity contribution in [3.63, 3.8) is 0 Å². The van der Waals surface area contributed by atoms with Gasteiger partial charge in [-0.15, -0.1) is 11.3 Å². The highest BCUT2D eigenvalue weighted by Crippen LogP contribution is 2.26. The molecule has 5 heteroatoms. The summed E-state index contributed by atoms with van der Waals surface area (Å²) in [6.07, 6.45) is 1.51. The zero-order chi connectivity index (χ0) is 10.9. The first-order chi connectivity index (χ1) is 7.06. The monoisotopic (exact) mass is 223 g/mol. The third-order valence-electron chi connectivity index (χ3n) is 1.79. The highest BCUT2D eigenvalue weighted by atomic mass is 32.1. The normalized spacial score (nSPS) is 11.9. The molecule has 0 spiro atoms. The van der Waals surface area contributed by atoms with E-state index < -0.39 is 0 Å². The SMILES string of the molecule is CC(C)(N)COc1ncnc2ccsc12. The molecule has 4 nitrogen and oxygen atoms in total. The third-order valence-corrected chi connectivity index (χ3v) is 2.68. The average Bonchev–Trinajstić information content (AvgIpc) is 2.61. The van der Waals surface area contributed by atoms with Crippen molar-refractivity contribution in [1.29, 1.82) is 0 Å². The molecule has 0 bridgehead atoms. The van der Waals surface area contributed by atoms with Gasteiger partial charge in [0.05, 0.1) is 5.52 Å². The van der Waals surface area contributed by atoms with Gasteiger partial charge in [-0.25, -0.2) is 9.97 Å². The number of aromatic nitrogens is 2. The first-order valence-electron chi connectivity index (χ1n) is 4.66. The predicted molar refractivity (Wildman–Crippen MR) is 61.2 cm³/mol. The van der Waals surface area contributed by atoms with Crippen molar-refractivity contribution in [2.45, 2.75) is 19.4 Å². The van der Waals surface area contributed by atoms with Crippen LogP contribution in [-0.4, -0.2) is 22.1 Å². The molecule has 0 saturated heterocycles. The first kappa shape index (κ1) is 10.3. The summed E-state index contributed by atoms with van der Waals surface area (Å²) in [4.78, 5) is 8.24. The molecule has 0 unspecified atom stereocenters. The van der Waals surface area contributed by atoms with Crippen LogP contribution in [0.2, 0.25) is 0 Å². The van der Waals surface area contributed by atoms with E-state index in [0.29, 0.717) is 12.5 Å². The Bertz CT molecular complexity index is 461. The molecule has 2 N–H and O–H groups in total. The quantitative estimate of drug-likeness (QED) is 0.862. The maximum atomic E-state index is 5.84. The zero-order valence-electron chi connectivity index (χ0n) is 8.73. The van der Waals surface area contributed by atoms with Gasteiger partial charge in [0.2, 0.25) is 5.88 Å². The minimum Gasteiger partial charge on any atom is -0.475 e. The van der Waals surface area contributed by atoms with Gasteiger partial charge in [-0.05, 0) is 25.3 Å². The van der Waals surface area contributed by atoms with Crippen molar-refractivity contribution in [2.75, 3.05) is 6.61 Å². The second kappa shape index (κ2) is 3.75. The maximum absolute atomic E-state index is 5.84. The van der Waals surface area contributed by atoms with Crippen molar-refractivity contribution in [3.8, 4) is 5.88 Å². The van der Waals surface area contributed by atoms with E-state index in [0.717, 1.165) is 10.2 Å². The predicted octanol–water partition coefficient (Wildman–Crippen LogP) is 1.81. The smallest absolute Gasteiger partial charge is 0.234 e. The van der Waals surface area contributed by atoms with Crippen molar-refractivity contribution < 1.29 is 4.74 Å². The van der Waals surface area contributed by atoms with Crippen LogP contribution in [0.5, 0.6) is 5.88 Å². The first-order valence-corrected chi connectivity index (χ1v) is 5.54. The molecule has 0 aliphatic heterocycles. The topological polar surface area (TPSA) is 61.0 Å². The van der Waals surface area contributed by atoms with Crippen LogP contribution in [0.1, 0.15) is 13.8 Å². The van der Waals surface area contributed by atoms with Crippen LogP contribution < -0.4 is 10.5 Å². The van der Waals surface area contributed by atoms with Crippen LogP contribution in [0.25, 0.3) is 10.2 Å². The zero-order valence-corrected chi connectivity index (χ0v) is 9.54. The molecule has 0 atom stereocenters. The third kappa shape index (κ3) is 2.43.